The molecule has 0 aromatic heterocycles. The molecule has 3 nitrogen and oxygen atoms in total. The Balaban J connectivity index is 1.92. The third-order valence-electron chi connectivity index (χ3n) is 4.09. The summed E-state index contributed by atoms with van der Waals surface area (Å²) < 4.78 is 5.72. The highest BCUT2D eigenvalue weighted by atomic mass is 16.5. The number of aliphatic imine (C=N–C) groups is 1. The second-order valence-corrected chi connectivity index (χ2v) is 5.72. The number of terminal acetylenes is 1. The van der Waals surface area contributed by atoms with Crippen LogP contribution in [-0.2, 0) is 11.3 Å². The zero-order valence-electron chi connectivity index (χ0n) is 13.5. The number of hydrogen-bond acceptors (Lipinski definition) is 3. The monoisotopic (exact) mass is 304 g/mol. The van der Waals surface area contributed by atoms with Crippen LogP contribution in [0.4, 0.5) is 5.69 Å². The van der Waals surface area contributed by atoms with Crippen LogP contribution in [-0.4, -0.2) is 19.2 Å². The van der Waals surface area contributed by atoms with Crippen molar-refractivity contribution in [3.05, 3.63) is 64.7 Å². The van der Waals surface area contributed by atoms with Gasteiger partial charge < -0.3 is 9.64 Å². The molecule has 23 heavy (non-hydrogen) atoms. The molecule has 0 bridgehead atoms. The lowest BCUT2D eigenvalue weighted by Crippen LogP contribution is -2.38. The summed E-state index contributed by atoms with van der Waals surface area (Å²) in [7, 11) is 0. The molecule has 1 atom stereocenters. The van der Waals surface area contributed by atoms with Crippen molar-refractivity contribution in [1.82, 2.24) is 0 Å². The molecule has 0 saturated heterocycles. The van der Waals surface area contributed by atoms with Crippen molar-refractivity contribution in [2.75, 3.05) is 11.5 Å². The van der Waals surface area contributed by atoms with Crippen molar-refractivity contribution < 1.29 is 4.74 Å². The van der Waals surface area contributed by atoms with E-state index in [1.54, 1.807) is 0 Å². The number of benzene rings is 2. The first-order valence-corrected chi connectivity index (χ1v) is 7.69. The minimum absolute atomic E-state index is 0.244. The third-order valence-corrected chi connectivity index (χ3v) is 4.09. The number of anilines is 1. The van der Waals surface area contributed by atoms with Crippen LogP contribution in [0.5, 0.6) is 0 Å². The van der Waals surface area contributed by atoms with E-state index in [9.17, 15) is 0 Å². The number of hydrogen-bond donors (Lipinski definition) is 0. The Bertz CT molecular complexity index is 773. The van der Waals surface area contributed by atoms with Crippen molar-refractivity contribution in [1.29, 1.82) is 0 Å². The van der Waals surface area contributed by atoms with E-state index >= 15 is 0 Å². The maximum Gasteiger partial charge on any atom is 0.229 e. The molecule has 1 heterocycles. The predicted molar refractivity (Wildman–Crippen MR) is 94.7 cm³/mol. The van der Waals surface area contributed by atoms with Gasteiger partial charge in [-0.3, -0.25) is 0 Å². The minimum Gasteiger partial charge on any atom is -0.326 e. The summed E-state index contributed by atoms with van der Waals surface area (Å²) in [4.78, 5) is 6.66. The number of aryl methyl sites for hydroxylation is 2. The summed E-state index contributed by atoms with van der Waals surface area (Å²) >= 11 is 0. The van der Waals surface area contributed by atoms with Crippen LogP contribution in [0, 0.1) is 26.2 Å². The van der Waals surface area contributed by atoms with E-state index in [0.29, 0.717) is 0 Å². The largest absolute Gasteiger partial charge is 0.326 e. The highest BCUT2D eigenvalue weighted by Crippen LogP contribution is 2.28. The molecule has 0 fully saturated rings. The minimum atomic E-state index is -0.387. The lowest BCUT2D eigenvalue weighted by Gasteiger charge is -2.34. The Morgan fingerprint density at radius 1 is 1.17 bits per heavy atom. The molecule has 1 aliphatic heterocycles. The molecule has 0 radical (unpaired) electrons. The number of para-hydroxylation sites is 1. The first-order valence-electron chi connectivity index (χ1n) is 7.69. The molecule has 116 valence electrons. The summed E-state index contributed by atoms with van der Waals surface area (Å²) in [6, 6.07) is 14.7. The van der Waals surface area contributed by atoms with Crippen LogP contribution in [0.15, 0.2) is 47.5 Å². The van der Waals surface area contributed by atoms with E-state index in [1.165, 1.54) is 16.7 Å². The van der Waals surface area contributed by atoms with Gasteiger partial charge in [-0.15, -0.1) is 6.42 Å². The van der Waals surface area contributed by atoms with Crippen molar-refractivity contribution in [3.63, 3.8) is 0 Å². The van der Waals surface area contributed by atoms with Gasteiger partial charge in [-0.25, -0.2) is 4.99 Å². The maximum absolute atomic E-state index is 5.72. The zero-order chi connectivity index (χ0) is 16.2. The topological polar surface area (TPSA) is 24.8 Å². The summed E-state index contributed by atoms with van der Waals surface area (Å²) in [5.41, 5.74) is 6.03. The summed E-state index contributed by atoms with van der Waals surface area (Å²) in [5, 5.41) is 0. The smallest absolute Gasteiger partial charge is 0.229 e. The van der Waals surface area contributed by atoms with Crippen LogP contribution in [0.3, 0.4) is 0 Å². The summed E-state index contributed by atoms with van der Waals surface area (Å²) in [5.74, 6) is 2.52. The lowest BCUT2D eigenvalue weighted by molar-refractivity contribution is 0.0799. The number of nitrogens with zero attached hydrogens (tertiary/aromatic N) is 2. The van der Waals surface area contributed by atoms with Gasteiger partial charge >= 0.3 is 0 Å². The fourth-order valence-corrected chi connectivity index (χ4v) is 2.72. The van der Waals surface area contributed by atoms with E-state index < -0.39 is 0 Å². The number of ether oxygens (including phenoxy) is 1. The summed E-state index contributed by atoms with van der Waals surface area (Å²) in [6.07, 6.45) is 6.80. The highest BCUT2D eigenvalue weighted by Gasteiger charge is 2.24. The molecule has 0 N–H and O–H groups in total. The van der Waals surface area contributed by atoms with Gasteiger partial charge in [0.25, 0.3) is 0 Å². The molecular formula is C20H20N2O. The first-order chi connectivity index (χ1) is 11.2. The average molecular weight is 304 g/mol. The molecule has 0 amide bonds. The van der Waals surface area contributed by atoms with Crippen LogP contribution in [0.2, 0.25) is 0 Å². The Hall–Kier alpha value is -2.57. The van der Waals surface area contributed by atoms with Crippen molar-refractivity contribution in [2.24, 2.45) is 4.99 Å². The SMILES string of the molecule is C#CCOC1N=Cc2ccccc2N1Cc1ccc(C)c(C)c1. The number of fused-ring (bicyclic) bond motifs is 1. The van der Waals surface area contributed by atoms with Gasteiger partial charge in [-0.2, -0.15) is 0 Å². The molecule has 0 aliphatic carbocycles. The molecule has 0 spiro atoms. The molecule has 1 unspecified atom stereocenters. The zero-order valence-corrected chi connectivity index (χ0v) is 13.5. The van der Waals surface area contributed by atoms with E-state index in [4.69, 9.17) is 11.2 Å². The predicted octanol–water partition coefficient (Wildman–Crippen LogP) is 3.68. The van der Waals surface area contributed by atoms with Gasteiger partial charge in [-0.1, -0.05) is 42.3 Å². The number of rotatable bonds is 4. The Morgan fingerprint density at radius 3 is 2.78 bits per heavy atom. The molecule has 3 rings (SSSR count). The normalized spacial score (nSPS) is 16.0. The Labute approximate surface area is 137 Å². The molecule has 2 aromatic carbocycles. The van der Waals surface area contributed by atoms with Crippen LogP contribution in [0.25, 0.3) is 0 Å². The molecule has 0 saturated carbocycles. The fraction of sp³-hybridized carbons (Fsp3) is 0.250. The lowest BCUT2D eigenvalue weighted by atomic mass is 10.1. The van der Waals surface area contributed by atoms with Crippen molar-refractivity contribution in [3.8, 4) is 12.3 Å². The van der Waals surface area contributed by atoms with E-state index in [-0.39, 0.29) is 13.0 Å². The van der Waals surface area contributed by atoms with Gasteiger partial charge in [0.15, 0.2) is 0 Å². The molecule has 3 heteroatoms. The van der Waals surface area contributed by atoms with Gasteiger partial charge in [0.05, 0.1) is 0 Å². The summed E-state index contributed by atoms with van der Waals surface area (Å²) in [6.45, 7) is 5.23. The Kier molecular flexibility index (Phi) is 4.45. The third kappa shape index (κ3) is 3.28. The Morgan fingerprint density at radius 2 is 2.00 bits per heavy atom. The first kappa shape index (κ1) is 15.3. The van der Waals surface area contributed by atoms with Crippen LogP contribution < -0.4 is 4.90 Å². The van der Waals surface area contributed by atoms with Crippen molar-refractivity contribution >= 4 is 11.9 Å². The van der Waals surface area contributed by atoms with Gasteiger partial charge in [0, 0.05) is 24.0 Å². The van der Waals surface area contributed by atoms with Crippen molar-refractivity contribution in [2.45, 2.75) is 26.7 Å². The molecular weight excluding hydrogens is 284 g/mol. The van der Waals surface area contributed by atoms with Crippen LogP contribution in [0.1, 0.15) is 22.3 Å². The second-order valence-electron chi connectivity index (χ2n) is 5.72. The van der Waals surface area contributed by atoms with E-state index in [1.807, 2.05) is 18.3 Å². The maximum atomic E-state index is 5.72. The second kappa shape index (κ2) is 6.68. The van der Waals surface area contributed by atoms with E-state index in [0.717, 1.165) is 17.8 Å². The average Bonchev–Trinajstić information content (AvgIpc) is 2.57. The highest BCUT2D eigenvalue weighted by molar-refractivity contribution is 5.90. The van der Waals surface area contributed by atoms with Gasteiger partial charge in [0.1, 0.15) is 6.61 Å². The standard InChI is InChI=1S/C20H20N2O/c1-4-11-23-20-21-13-18-7-5-6-8-19(18)22(20)14-17-10-9-15(2)16(3)12-17/h1,5-10,12-13,20H,11,14H2,2-3H3. The quantitative estimate of drug-likeness (QED) is 0.805. The molecule has 2 aromatic rings. The van der Waals surface area contributed by atoms with E-state index in [2.05, 4.69) is 60.0 Å². The van der Waals surface area contributed by atoms with Crippen LogP contribution >= 0.6 is 0 Å². The van der Waals surface area contributed by atoms with Gasteiger partial charge in [0.2, 0.25) is 6.35 Å². The fourth-order valence-electron chi connectivity index (χ4n) is 2.72. The van der Waals surface area contributed by atoms with Gasteiger partial charge in [-0.05, 0) is 36.6 Å². The molecule has 1 aliphatic rings.